The van der Waals surface area contributed by atoms with Crippen molar-refractivity contribution in [2.24, 2.45) is 0 Å². The molecule has 0 spiro atoms. The molecule has 1 amide bonds. The van der Waals surface area contributed by atoms with Gasteiger partial charge in [-0.25, -0.2) is 4.39 Å². The monoisotopic (exact) mass is 391 g/mol. The van der Waals surface area contributed by atoms with Crippen molar-refractivity contribution in [2.75, 3.05) is 13.2 Å². The largest absolute Gasteiger partial charge is 0.484 e. The molecule has 0 aliphatic carbocycles. The number of fused-ring (bicyclic) bond motifs is 2. The van der Waals surface area contributed by atoms with Gasteiger partial charge in [0, 0.05) is 35.3 Å². The fourth-order valence-corrected chi connectivity index (χ4v) is 3.62. The third-order valence-corrected chi connectivity index (χ3v) is 5.07. The maximum absolute atomic E-state index is 14.0. The minimum Gasteiger partial charge on any atom is -0.484 e. The maximum Gasteiger partial charge on any atom is 0.257 e. The summed E-state index contributed by atoms with van der Waals surface area (Å²) in [6.45, 7) is 4.26. The molecular weight excluding hydrogens is 369 g/mol. The molecule has 0 fully saturated rings. The zero-order valence-corrected chi connectivity index (χ0v) is 16.4. The number of ether oxygens (including phenoxy) is 1. The molecule has 29 heavy (non-hydrogen) atoms. The average molecular weight is 391 g/mol. The van der Waals surface area contributed by atoms with Crippen LogP contribution in [-0.4, -0.2) is 29.0 Å². The van der Waals surface area contributed by atoms with E-state index in [0.29, 0.717) is 24.2 Å². The molecule has 0 aliphatic rings. The van der Waals surface area contributed by atoms with E-state index in [1.54, 1.807) is 12.3 Å². The number of aryl methyl sites for hydroxylation is 2. The molecule has 4 aromatic rings. The van der Waals surface area contributed by atoms with Gasteiger partial charge in [-0.05, 0) is 55.7 Å². The molecule has 2 aromatic carbocycles. The second-order valence-electron chi connectivity index (χ2n) is 7.09. The van der Waals surface area contributed by atoms with Gasteiger partial charge >= 0.3 is 0 Å². The number of nitrogens with one attached hydrogen (secondary N) is 2. The van der Waals surface area contributed by atoms with E-state index in [1.165, 1.54) is 6.07 Å². The Balaban J connectivity index is 1.35. The Morgan fingerprint density at radius 3 is 2.93 bits per heavy atom. The number of carbonyl (C=O) groups is 1. The van der Waals surface area contributed by atoms with Gasteiger partial charge in [-0.3, -0.25) is 9.78 Å². The van der Waals surface area contributed by atoms with E-state index in [-0.39, 0.29) is 18.3 Å². The molecular formula is C23H22FN3O2. The molecule has 148 valence electrons. The van der Waals surface area contributed by atoms with Crippen molar-refractivity contribution in [3.05, 3.63) is 71.3 Å². The number of nitrogens with zero attached hydrogens (tertiary/aromatic N) is 1. The van der Waals surface area contributed by atoms with Crippen molar-refractivity contribution in [3.8, 4) is 5.75 Å². The molecule has 0 saturated carbocycles. The number of hydrogen-bond acceptors (Lipinski definition) is 3. The summed E-state index contributed by atoms with van der Waals surface area (Å²) in [5, 5.41) is 4.79. The summed E-state index contributed by atoms with van der Waals surface area (Å²) < 4.78 is 19.6. The minimum absolute atomic E-state index is 0.0706. The summed E-state index contributed by atoms with van der Waals surface area (Å²) in [6.07, 6.45) is 2.33. The van der Waals surface area contributed by atoms with Gasteiger partial charge in [0.1, 0.15) is 11.6 Å². The zero-order valence-electron chi connectivity index (χ0n) is 16.4. The Bertz CT molecular complexity index is 1200. The van der Waals surface area contributed by atoms with Gasteiger partial charge in [0.05, 0.1) is 11.0 Å². The number of H-pyrrole nitrogens is 1. The van der Waals surface area contributed by atoms with Gasteiger partial charge in [0.15, 0.2) is 6.61 Å². The third kappa shape index (κ3) is 3.92. The molecule has 0 atom stereocenters. The molecule has 0 radical (unpaired) electrons. The number of aromatic nitrogens is 2. The summed E-state index contributed by atoms with van der Waals surface area (Å²) in [7, 11) is 0. The quantitative estimate of drug-likeness (QED) is 0.517. The van der Waals surface area contributed by atoms with E-state index in [9.17, 15) is 9.18 Å². The van der Waals surface area contributed by atoms with Gasteiger partial charge in [-0.15, -0.1) is 0 Å². The van der Waals surface area contributed by atoms with Crippen LogP contribution in [-0.2, 0) is 11.2 Å². The Morgan fingerprint density at radius 2 is 2.07 bits per heavy atom. The van der Waals surface area contributed by atoms with Crippen molar-refractivity contribution in [1.82, 2.24) is 15.3 Å². The van der Waals surface area contributed by atoms with Crippen LogP contribution in [0.2, 0.25) is 0 Å². The summed E-state index contributed by atoms with van der Waals surface area (Å²) in [6, 6.07) is 12.6. The van der Waals surface area contributed by atoms with Crippen LogP contribution in [0.5, 0.6) is 5.75 Å². The highest BCUT2D eigenvalue weighted by molar-refractivity contribution is 5.88. The van der Waals surface area contributed by atoms with Crippen LogP contribution in [0.3, 0.4) is 0 Å². The molecule has 0 unspecified atom stereocenters. The summed E-state index contributed by atoms with van der Waals surface area (Å²) >= 11 is 0. The van der Waals surface area contributed by atoms with Crippen LogP contribution < -0.4 is 10.1 Å². The van der Waals surface area contributed by atoms with Crippen molar-refractivity contribution >= 4 is 27.7 Å². The smallest absolute Gasteiger partial charge is 0.257 e. The van der Waals surface area contributed by atoms with Crippen LogP contribution in [0.15, 0.2) is 48.7 Å². The third-order valence-electron chi connectivity index (χ3n) is 5.07. The second kappa shape index (κ2) is 7.91. The lowest BCUT2D eigenvalue weighted by molar-refractivity contribution is -0.123. The Kier molecular flexibility index (Phi) is 5.16. The molecule has 2 heterocycles. The fraction of sp³-hybridized carbons (Fsp3) is 0.217. The minimum atomic E-state index is -0.262. The molecule has 2 N–H and O–H groups in total. The first-order valence-electron chi connectivity index (χ1n) is 9.53. The van der Waals surface area contributed by atoms with Gasteiger partial charge < -0.3 is 15.0 Å². The zero-order chi connectivity index (χ0) is 20.4. The second-order valence-corrected chi connectivity index (χ2v) is 7.09. The first-order valence-corrected chi connectivity index (χ1v) is 9.53. The first kappa shape index (κ1) is 18.9. The number of amides is 1. The molecule has 0 aliphatic heterocycles. The van der Waals surface area contributed by atoms with E-state index in [0.717, 1.165) is 33.1 Å². The highest BCUT2D eigenvalue weighted by Gasteiger charge is 2.14. The molecule has 0 bridgehead atoms. The van der Waals surface area contributed by atoms with Crippen molar-refractivity contribution < 1.29 is 13.9 Å². The standard InChI is InChI=1S/C23H22FN3O2/c1-14-5-8-19(24)23-22(14)18(15(2)27-23)9-11-26-21(28)13-29-17-7-6-16-4-3-10-25-20(16)12-17/h3-8,10,12,27H,9,11,13H2,1-2H3,(H,26,28). The van der Waals surface area contributed by atoms with Crippen LogP contribution in [0.1, 0.15) is 16.8 Å². The summed E-state index contributed by atoms with van der Waals surface area (Å²) in [4.78, 5) is 19.6. The number of rotatable bonds is 6. The van der Waals surface area contributed by atoms with Crippen LogP contribution >= 0.6 is 0 Å². The Labute approximate surface area is 167 Å². The molecule has 2 aromatic heterocycles. The number of carbonyl (C=O) groups excluding carboxylic acids is 1. The van der Waals surface area contributed by atoms with Crippen LogP contribution in [0.25, 0.3) is 21.8 Å². The van der Waals surface area contributed by atoms with Gasteiger partial charge in [-0.1, -0.05) is 12.1 Å². The Morgan fingerprint density at radius 1 is 1.21 bits per heavy atom. The highest BCUT2D eigenvalue weighted by Crippen LogP contribution is 2.27. The van der Waals surface area contributed by atoms with E-state index in [1.807, 2.05) is 44.2 Å². The average Bonchev–Trinajstić information content (AvgIpc) is 3.06. The van der Waals surface area contributed by atoms with Gasteiger partial charge in [-0.2, -0.15) is 0 Å². The number of benzene rings is 2. The van der Waals surface area contributed by atoms with E-state index >= 15 is 0 Å². The molecule has 0 saturated heterocycles. The highest BCUT2D eigenvalue weighted by atomic mass is 19.1. The number of aromatic amines is 1. The van der Waals surface area contributed by atoms with E-state index < -0.39 is 0 Å². The van der Waals surface area contributed by atoms with E-state index in [2.05, 4.69) is 15.3 Å². The van der Waals surface area contributed by atoms with Gasteiger partial charge in [0.2, 0.25) is 0 Å². The van der Waals surface area contributed by atoms with Crippen LogP contribution in [0, 0.1) is 19.7 Å². The lowest BCUT2D eigenvalue weighted by Crippen LogP contribution is -2.30. The summed E-state index contributed by atoms with van der Waals surface area (Å²) in [5.41, 5.74) is 4.31. The Hall–Kier alpha value is -3.41. The SMILES string of the molecule is Cc1[nH]c2c(F)ccc(C)c2c1CCNC(=O)COc1ccc2cccnc2c1. The lowest BCUT2D eigenvalue weighted by atomic mass is 10.0. The van der Waals surface area contributed by atoms with Crippen molar-refractivity contribution in [1.29, 1.82) is 0 Å². The summed E-state index contributed by atoms with van der Waals surface area (Å²) in [5.74, 6) is 0.138. The van der Waals surface area contributed by atoms with Crippen LogP contribution in [0.4, 0.5) is 4.39 Å². The first-order chi connectivity index (χ1) is 14.0. The fourth-order valence-electron chi connectivity index (χ4n) is 3.62. The maximum atomic E-state index is 14.0. The van der Waals surface area contributed by atoms with Gasteiger partial charge in [0.25, 0.3) is 5.91 Å². The molecule has 6 heteroatoms. The van der Waals surface area contributed by atoms with Crippen molar-refractivity contribution in [3.63, 3.8) is 0 Å². The molecule has 5 nitrogen and oxygen atoms in total. The van der Waals surface area contributed by atoms with E-state index in [4.69, 9.17) is 4.74 Å². The predicted octanol–water partition coefficient (Wildman–Crippen LogP) is 4.21. The number of halogens is 1. The predicted molar refractivity (Wildman–Crippen MR) is 112 cm³/mol. The topological polar surface area (TPSA) is 67.0 Å². The number of pyridine rings is 1. The van der Waals surface area contributed by atoms with Crippen molar-refractivity contribution in [2.45, 2.75) is 20.3 Å². The molecule has 4 rings (SSSR count). The number of hydrogen-bond donors (Lipinski definition) is 2. The normalized spacial score (nSPS) is 11.1. The lowest BCUT2D eigenvalue weighted by Gasteiger charge is -2.09.